The van der Waals surface area contributed by atoms with Crippen LogP contribution < -0.4 is 4.74 Å². The van der Waals surface area contributed by atoms with Crippen molar-refractivity contribution in [1.29, 1.82) is 0 Å². The van der Waals surface area contributed by atoms with Crippen LogP contribution in [-0.4, -0.2) is 34.1 Å². The van der Waals surface area contributed by atoms with E-state index >= 15 is 0 Å². The van der Waals surface area contributed by atoms with Gasteiger partial charge in [-0.1, -0.05) is 30.3 Å². The number of oxazole rings is 1. The first-order valence-corrected chi connectivity index (χ1v) is 9.61. The molecule has 1 aliphatic rings. The molecule has 152 valence electrons. The third-order valence-corrected chi connectivity index (χ3v) is 4.76. The highest BCUT2D eigenvalue weighted by molar-refractivity contribution is 6.69. The van der Waals surface area contributed by atoms with Gasteiger partial charge in [0.1, 0.15) is 17.2 Å². The number of carbonyl (C=O) groups is 1. The van der Waals surface area contributed by atoms with Crippen LogP contribution in [0.5, 0.6) is 5.75 Å². The number of aryl methyl sites for hydroxylation is 2. The molecule has 0 amide bonds. The summed E-state index contributed by atoms with van der Waals surface area (Å²) in [7, 11) is 0. The number of hydrogen-bond acceptors (Lipinski definition) is 6. The lowest BCUT2D eigenvalue weighted by Gasteiger charge is -2.07. The Hall–Kier alpha value is -3.74. The number of rotatable bonds is 7. The zero-order valence-electron chi connectivity index (χ0n) is 16.7. The minimum atomic E-state index is -1.09. The fraction of sp³-hybridized carbons (Fsp3) is 0.217. The summed E-state index contributed by atoms with van der Waals surface area (Å²) in [6, 6.07) is 16.6. The third kappa shape index (κ3) is 4.15. The molecule has 1 aliphatic heterocycles. The minimum absolute atomic E-state index is 0.0330. The molecular weight excluding hydrogens is 382 g/mol. The summed E-state index contributed by atoms with van der Waals surface area (Å²) in [6.07, 6.45) is 0.101. The predicted molar refractivity (Wildman–Crippen MR) is 112 cm³/mol. The van der Waals surface area contributed by atoms with Crippen molar-refractivity contribution in [3.63, 3.8) is 0 Å². The second-order valence-electron chi connectivity index (χ2n) is 6.90. The zero-order valence-corrected chi connectivity index (χ0v) is 16.7. The maximum atomic E-state index is 11.7. The number of ether oxygens (including phenoxy) is 1. The van der Waals surface area contributed by atoms with Gasteiger partial charge >= 0.3 is 5.97 Å². The van der Waals surface area contributed by atoms with Crippen LogP contribution in [0.15, 0.2) is 69.0 Å². The lowest BCUT2D eigenvalue weighted by Crippen LogP contribution is -2.22. The van der Waals surface area contributed by atoms with Crippen LogP contribution in [0, 0.1) is 13.8 Å². The largest absolute Gasteiger partial charge is 0.493 e. The molecule has 1 unspecified atom stereocenters. The van der Waals surface area contributed by atoms with Gasteiger partial charge in [-0.15, -0.1) is 0 Å². The van der Waals surface area contributed by atoms with Crippen LogP contribution in [0.3, 0.4) is 0 Å². The van der Waals surface area contributed by atoms with Gasteiger partial charge in [-0.3, -0.25) is 4.99 Å². The molecule has 0 radical (unpaired) electrons. The van der Waals surface area contributed by atoms with E-state index < -0.39 is 12.1 Å². The second-order valence-corrected chi connectivity index (χ2v) is 6.90. The van der Waals surface area contributed by atoms with Gasteiger partial charge in [0.15, 0.2) is 17.8 Å². The summed E-state index contributed by atoms with van der Waals surface area (Å²) in [6.45, 7) is 4.17. The first-order chi connectivity index (χ1) is 14.5. The van der Waals surface area contributed by atoms with E-state index in [1.165, 1.54) is 0 Å². The van der Waals surface area contributed by atoms with E-state index in [9.17, 15) is 9.90 Å². The van der Waals surface area contributed by atoms with Gasteiger partial charge in [0.05, 0.1) is 12.3 Å². The highest BCUT2D eigenvalue weighted by Crippen LogP contribution is 2.26. The molecule has 0 saturated carbocycles. The van der Waals surface area contributed by atoms with Crippen molar-refractivity contribution in [2.45, 2.75) is 26.4 Å². The smallest absolute Gasteiger partial charge is 0.356 e. The predicted octanol–water partition coefficient (Wildman–Crippen LogP) is 3.94. The normalized spacial score (nSPS) is 15.6. The van der Waals surface area contributed by atoms with Gasteiger partial charge in [-0.25, -0.2) is 14.8 Å². The Bertz CT molecular complexity index is 1120. The molecule has 7 heteroatoms. The lowest BCUT2D eigenvalue weighted by atomic mass is 10.1. The highest BCUT2D eigenvalue weighted by Gasteiger charge is 2.28. The lowest BCUT2D eigenvalue weighted by molar-refractivity contribution is -0.129. The van der Waals surface area contributed by atoms with Crippen molar-refractivity contribution >= 4 is 17.4 Å². The minimum Gasteiger partial charge on any atom is -0.493 e. The molecule has 0 spiro atoms. The first kappa shape index (κ1) is 19.6. The summed E-state index contributed by atoms with van der Waals surface area (Å²) in [4.78, 5) is 24.9. The number of carboxylic acids is 1. The zero-order chi connectivity index (χ0) is 21.1. The Morgan fingerprint density at radius 2 is 1.80 bits per heavy atom. The number of nitrogens with zero attached hydrogens (tertiary/aromatic N) is 3. The maximum Gasteiger partial charge on any atom is 0.356 e. The summed E-state index contributed by atoms with van der Waals surface area (Å²) in [5.41, 5.74) is 2.76. The molecule has 0 aliphatic carbocycles. The van der Waals surface area contributed by atoms with Crippen LogP contribution in [0.4, 0.5) is 0 Å². The molecular formula is C23H21N3O4. The molecule has 0 fully saturated rings. The van der Waals surface area contributed by atoms with E-state index in [0.29, 0.717) is 35.9 Å². The summed E-state index contributed by atoms with van der Waals surface area (Å²) in [5, 5.41) is 9.56. The van der Waals surface area contributed by atoms with Crippen LogP contribution in [0.25, 0.3) is 0 Å². The molecule has 0 bridgehead atoms. The molecule has 7 nitrogen and oxygen atoms in total. The van der Waals surface area contributed by atoms with E-state index in [1.807, 2.05) is 44.2 Å². The molecule has 1 aromatic heterocycles. The standard InChI is InChI=1S/C23H21N3O4/c1-14-19(24-15(2)30-14)12-13-29-18-10-8-16(9-11-18)20-21(23(27)28)26-22(25-20)17-6-4-3-5-7-17/h3-11,22H,12-13H2,1-2H3,(H,27,28). The van der Waals surface area contributed by atoms with Crippen molar-refractivity contribution in [3.8, 4) is 5.75 Å². The van der Waals surface area contributed by atoms with E-state index in [4.69, 9.17) is 9.15 Å². The van der Waals surface area contributed by atoms with Crippen LogP contribution in [-0.2, 0) is 11.2 Å². The van der Waals surface area contributed by atoms with Gasteiger partial charge in [-0.2, -0.15) is 0 Å². The summed E-state index contributed by atoms with van der Waals surface area (Å²) in [5.74, 6) is 1.04. The van der Waals surface area contributed by atoms with Crippen molar-refractivity contribution in [3.05, 3.63) is 83.1 Å². The second kappa shape index (κ2) is 8.32. The Labute approximate surface area is 173 Å². The van der Waals surface area contributed by atoms with Crippen molar-refractivity contribution in [2.24, 2.45) is 9.98 Å². The van der Waals surface area contributed by atoms with Crippen molar-refractivity contribution in [1.82, 2.24) is 4.98 Å². The first-order valence-electron chi connectivity index (χ1n) is 9.61. The van der Waals surface area contributed by atoms with Crippen LogP contribution in [0.1, 0.15) is 34.6 Å². The summed E-state index contributed by atoms with van der Waals surface area (Å²) < 4.78 is 11.2. The van der Waals surface area contributed by atoms with Gasteiger partial charge in [0.25, 0.3) is 0 Å². The Morgan fingerprint density at radius 1 is 1.07 bits per heavy atom. The number of carboxylic acid groups (broad SMARTS) is 1. The highest BCUT2D eigenvalue weighted by atomic mass is 16.5. The molecule has 3 aromatic rings. The molecule has 1 N–H and O–H groups in total. The average molecular weight is 403 g/mol. The monoisotopic (exact) mass is 403 g/mol. The molecule has 0 saturated heterocycles. The van der Waals surface area contributed by atoms with Crippen LogP contribution in [0.2, 0.25) is 0 Å². The molecule has 30 heavy (non-hydrogen) atoms. The van der Waals surface area contributed by atoms with Crippen molar-refractivity contribution < 1.29 is 19.1 Å². The Kier molecular flexibility index (Phi) is 5.43. The maximum absolute atomic E-state index is 11.7. The SMILES string of the molecule is Cc1nc(CCOc2ccc(C3=NC(c4ccccc4)N=C3C(=O)O)cc2)c(C)o1. The van der Waals surface area contributed by atoms with Gasteiger partial charge in [0.2, 0.25) is 0 Å². The molecule has 2 aromatic carbocycles. The molecule has 4 rings (SSSR count). The van der Waals surface area contributed by atoms with E-state index in [0.717, 1.165) is 17.0 Å². The van der Waals surface area contributed by atoms with E-state index in [1.54, 1.807) is 24.3 Å². The van der Waals surface area contributed by atoms with E-state index in [2.05, 4.69) is 15.0 Å². The van der Waals surface area contributed by atoms with Gasteiger partial charge in [-0.05, 0) is 36.8 Å². The quantitative estimate of drug-likeness (QED) is 0.644. The topological polar surface area (TPSA) is 97.3 Å². The van der Waals surface area contributed by atoms with Crippen LogP contribution >= 0.6 is 0 Å². The fourth-order valence-electron chi connectivity index (χ4n) is 3.32. The van der Waals surface area contributed by atoms with Gasteiger partial charge in [0, 0.05) is 18.9 Å². The molecule has 2 heterocycles. The van der Waals surface area contributed by atoms with E-state index in [-0.39, 0.29) is 5.71 Å². The number of aliphatic carboxylic acids is 1. The fourth-order valence-corrected chi connectivity index (χ4v) is 3.32. The Morgan fingerprint density at radius 3 is 2.43 bits per heavy atom. The average Bonchev–Trinajstić information content (AvgIpc) is 3.33. The van der Waals surface area contributed by atoms with Crippen molar-refractivity contribution in [2.75, 3.05) is 6.61 Å². The Balaban J connectivity index is 1.46. The number of aromatic nitrogens is 1. The molecule has 1 atom stereocenters. The summed E-state index contributed by atoms with van der Waals surface area (Å²) >= 11 is 0. The third-order valence-electron chi connectivity index (χ3n) is 4.76. The van der Waals surface area contributed by atoms with Gasteiger partial charge < -0.3 is 14.3 Å². The number of aliphatic imine (C=N–C) groups is 2. The number of hydrogen-bond donors (Lipinski definition) is 1. The number of benzene rings is 2.